The van der Waals surface area contributed by atoms with Gasteiger partial charge in [0.2, 0.25) is 5.88 Å². The van der Waals surface area contributed by atoms with Crippen molar-refractivity contribution in [3.05, 3.63) is 35.0 Å². The van der Waals surface area contributed by atoms with Gasteiger partial charge in [0.25, 0.3) is 0 Å². The number of aryl methyl sites for hydroxylation is 3. The fourth-order valence-electron chi connectivity index (χ4n) is 2.06. The second-order valence-electron chi connectivity index (χ2n) is 4.77. The fraction of sp³-hybridized carbons (Fsp3) is 0.400. The lowest BCUT2D eigenvalue weighted by Crippen LogP contribution is -1.92. The number of benzene rings is 1. The molecule has 0 aliphatic rings. The van der Waals surface area contributed by atoms with Crippen LogP contribution in [0.4, 0.5) is 5.88 Å². The summed E-state index contributed by atoms with van der Waals surface area (Å²) >= 11 is 0. The zero-order valence-electron chi connectivity index (χ0n) is 11.3. The zero-order valence-corrected chi connectivity index (χ0v) is 11.3. The molecule has 2 rings (SSSR count). The first-order valence-corrected chi connectivity index (χ1v) is 6.45. The van der Waals surface area contributed by atoms with Gasteiger partial charge in [0, 0.05) is 0 Å². The zero-order chi connectivity index (χ0) is 13.1. The van der Waals surface area contributed by atoms with Crippen LogP contribution in [0.25, 0.3) is 11.1 Å². The van der Waals surface area contributed by atoms with Crippen molar-refractivity contribution in [2.45, 2.75) is 40.0 Å². The van der Waals surface area contributed by atoms with Crippen LogP contribution in [0, 0.1) is 13.8 Å². The maximum atomic E-state index is 5.90. The molecular formula is C15H20N2O. The van der Waals surface area contributed by atoms with Crippen molar-refractivity contribution in [2.24, 2.45) is 0 Å². The summed E-state index contributed by atoms with van der Waals surface area (Å²) in [6, 6.07) is 6.34. The first-order valence-electron chi connectivity index (χ1n) is 6.45. The Morgan fingerprint density at radius 3 is 2.67 bits per heavy atom. The molecule has 1 aromatic heterocycles. The lowest BCUT2D eigenvalue weighted by Gasteiger charge is -2.05. The molecule has 3 nitrogen and oxygen atoms in total. The monoisotopic (exact) mass is 244 g/mol. The van der Waals surface area contributed by atoms with E-state index in [-0.39, 0.29) is 0 Å². The van der Waals surface area contributed by atoms with E-state index < -0.39 is 0 Å². The Morgan fingerprint density at radius 1 is 1.22 bits per heavy atom. The average molecular weight is 244 g/mol. The Bertz CT molecular complexity index is 543. The molecule has 0 amide bonds. The van der Waals surface area contributed by atoms with Crippen LogP contribution in [-0.2, 0) is 6.42 Å². The maximum absolute atomic E-state index is 5.90. The van der Waals surface area contributed by atoms with Gasteiger partial charge in [-0.1, -0.05) is 36.7 Å². The highest BCUT2D eigenvalue weighted by Crippen LogP contribution is 2.31. The third-order valence-corrected chi connectivity index (χ3v) is 3.35. The molecule has 0 fully saturated rings. The highest BCUT2D eigenvalue weighted by molar-refractivity contribution is 5.75. The van der Waals surface area contributed by atoms with Gasteiger partial charge in [-0.25, -0.2) is 0 Å². The van der Waals surface area contributed by atoms with E-state index in [1.165, 1.54) is 11.1 Å². The molecule has 0 radical (unpaired) electrons. The molecule has 1 aromatic carbocycles. The molecule has 0 unspecified atom stereocenters. The Hall–Kier alpha value is -1.77. The Morgan fingerprint density at radius 2 is 2.00 bits per heavy atom. The minimum absolute atomic E-state index is 0.421. The smallest absolute Gasteiger partial charge is 0.230 e. The largest absolute Gasteiger partial charge is 0.367 e. The van der Waals surface area contributed by atoms with E-state index in [1.54, 1.807) is 0 Å². The van der Waals surface area contributed by atoms with Crippen molar-refractivity contribution in [3.8, 4) is 11.1 Å². The van der Waals surface area contributed by atoms with Gasteiger partial charge in [-0.2, -0.15) is 0 Å². The van der Waals surface area contributed by atoms with Gasteiger partial charge in [0.15, 0.2) is 0 Å². The van der Waals surface area contributed by atoms with E-state index in [9.17, 15) is 0 Å². The highest BCUT2D eigenvalue weighted by atomic mass is 16.5. The van der Waals surface area contributed by atoms with E-state index in [4.69, 9.17) is 10.3 Å². The molecule has 1 heterocycles. The normalized spacial score (nSPS) is 10.8. The van der Waals surface area contributed by atoms with Crippen LogP contribution in [0.5, 0.6) is 0 Å². The van der Waals surface area contributed by atoms with Crippen molar-refractivity contribution >= 4 is 5.88 Å². The molecule has 2 N–H and O–H groups in total. The first-order chi connectivity index (χ1) is 8.63. The summed E-state index contributed by atoms with van der Waals surface area (Å²) in [7, 11) is 0. The molecule has 0 aliphatic heterocycles. The number of nitrogen functional groups attached to an aromatic ring is 1. The highest BCUT2D eigenvalue weighted by Gasteiger charge is 2.15. The molecule has 3 heteroatoms. The standard InChI is InChI=1S/C15H20N2O/c1-4-5-6-13-14(15(16)18-17-13)12-8-7-10(2)11(3)9-12/h7-9H,4-6,16H2,1-3H3. The molecule has 18 heavy (non-hydrogen) atoms. The number of hydrogen-bond acceptors (Lipinski definition) is 3. The van der Waals surface area contributed by atoms with Crippen LogP contribution >= 0.6 is 0 Å². The molecular weight excluding hydrogens is 224 g/mol. The molecule has 2 aromatic rings. The predicted octanol–water partition coefficient (Wildman–Crippen LogP) is 3.88. The second kappa shape index (κ2) is 5.25. The van der Waals surface area contributed by atoms with Crippen molar-refractivity contribution in [3.63, 3.8) is 0 Å². The van der Waals surface area contributed by atoms with Crippen LogP contribution in [-0.4, -0.2) is 5.16 Å². The third kappa shape index (κ3) is 2.40. The van der Waals surface area contributed by atoms with Crippen LogP contribution in [0.2, 0.25) is 0 Å². The number of unbranched alkanes of at least 4 members (excludes halogenated alkanes) is 1. The minimum atomic E-state index is 0.421. The molecule has 96 valence electrons. The summed E-state index contributed by atoms with van der Waals surface area (Å²) in [5.41, 5.74) is 11.5. The lowest BCUT2D eigenvalue weighted by molar-refractivity contribution is 0.426. The van der Waals surface area contributed by atoms with Crippen LogP contribution in [0.1, 0.15) is 36.6 Å². The van der Waals surface area contributed by atoms with E-state index in [0.717, 1.165) is 36.1 Å². The number of nitrogens with two attached hydrogens (primary N) is 1. The first kappa shape index (κ1) is 12.7. The average Bonchev–Trinajstić information content (AvgIpc) is 2.71. The van der Waals surface area contributed by atoms with Crippen LogP contribution in [0.15, 0.2) is 22.7 Å². The van der Waals surface area contributed by atoms with E-state index in [1.807, 2.05) is 0 Å². The Balaban J connectivity index is 2.42. The summed E-state index contributed by atoms with van der Waals surface area (Å²) in [5.74, 6) is 0.421. The van der Waals surface area contributed by atoms with Crippen molar-refractivity contribution in [2.75, 3.05) is 5.73 Å². The molecule has 0 bridgehead atoms. The summed E-state index contributed by atoms with van der Waals surface area (Å²) < 4.78 is 5.14. The van der Waals surface area contributed by atoms with Gasteiger partial charge in [0.05, 0.1) is 11.3 Å². The molecule has 0 spiro atoms. The van der Waals surface area contributed by atoms with Crippen molar-refractivity contribution in [1.82, 2.24) is 5.16 Å². The lowest BCUT2D eigenvalue weighted by atomic mass is 9.98. The van der Waals surface area contributed by atoms with Crippen LogP contribution < -0.4 is 5.73 Å². The molecule has 0 saturated carbocycles. The SMILES string of the molecule is CCCCc1noc(N)c1-c1ccc(C)c(C)c1. The van der Waals surface area contributed by atoms with Gasteiger partial charge >= 0.3 is 0 Å². The molecule has 0 aliphatic carbocycles. The summed E-state index contributed by atoms with van der Waals surface area (Å²) in [5, 5.41) is 4.08. The van der Waals surface area contributed by atoms with Crippen LogP contribution in [0.3, 0.4) is 0 Å². The number of aromatic nitrogens is 1. The summed E-state index contributed by atoms with van der Waals surface area (Å²) in [6.07, 6.45) is 3.16. The predicted molar refractivity (Wildman–Crippen MR) is 74.4 cm³/mol. The maximum Gasteiger partial charge on any atom is 0.230 e. The number of hydrogen-bond donors (Lipinski definition) is 1. The van der Waals surface area contributed by atoms with Gasteiger partial charge < -0.3 is 10.3 Å². The van der Waals surface area contributed by atoms with Gasteiger partial charge in [0.1, 0.15) is 0 Å². The number of anilines is 1. The number of nitrogens with zero attached hydrogens (tertiary/aromatic N) is 1. The molecule has 0 atom stereocenters. The van der Waals surface area contributed by atoms with Gasteiger partial charge in [-0.3, -0.25) is 0 Å². The van der Waals surface area contributed by atoms with Crippen molar-refractivity contribution in [1.29, 1.82) is 0 Å². The fourth-order valence-corrected chi connectivity index (χ4v) is 2.06. The Kier molecular flexibility index (Phi) is 3.70. The topological polar surface area (TPSA) is 52.0 Å². The molecule has 0 saturated heterocycles. The summed E-state index contributed by atoms with van der Waals surface area (Å²) in [4.78, 5) is 0. The quantitative estimate of drug-likeness (QED) is 0.887. The van der Waals surface area contributed by atoms with Gasteiger partial charge in [-0.05, 0) is 43.4 Å². The Labute approximate surface area is 108 Å². The van der Waals surface area contributed by atoms with E-state index >= 15 is 0 Å². The van der Waals surface area contributed by atoms with Crippen molar-refractivity contribution < 1.29 is 4.52 Å². The minimum Gasteiger partial charge on any atom is -0.367 e. The third-order valence-electron chi connectivity index (χ3n) is 3.35. The van der Waals surface area contributed by atoms with E-state index in [2.05, 4.69) is 44.1 Å². The second-order valence-corrected chi connectivity index (χ2v) is 4.77. The summed E-state index contributed by atoms with van der Waals surface area (Å²) in [6.45, 7) is 6.38. The number of rotatable bonds is 4. The van der Waals surface area contributed by atoms with Gasteiger partial charge in [-0.15, -0.1) is 0 Å². The van der Waals surface area contributed by atoms with E-state index in [0.29, 0.717) is 5.88 Å².